The van der Waals surface area contributed by atoms with Gasteiger partial charge in [-0.15, -0.1) is 11.8 Å². The summed E-state index contributed by atoms with van der Waals surface area (Å²) >= 11 is 1.71. The Hall–Kier alpha value is -1.99. The smallest absolute Gasteiger partial charge is 0.161 e. The van der Waals surface area contributed by atoms with Crippen LogP contribution < -0.4 is 5.32 Å². The number of unbranched alkanes of at least 4 members (excludes halogenated alkanes) is 1. The summed E-state index contributed by atoms with van der Waals surface area (Å²) in [5.41, 5.74) is 4.76. The molecule has 0 aromatic heterocycles. The zero-order valence-electron chi connectivity index (χ0n) is 14.9. The van der Waals surface area contributed by atoms with E-state index in [-0.39, 0.29) is 11.7 Å². The van der Waals surface area contributed by atoms with E-state index in [0.29, 0.717) is 12.0 Å². The number of hydrogen-bond donors (Lipinski definition) is 1. The summed E-state index contributed by atoms with van der Waals surface area (Å²) in [6.07, 6.45) is 4.62. The van der Waals surface area contributed by atoms with Crippen molar-refractivity contribution in [2.24, 2.45) is 0 Å². The Kier molecular flexibility index (Phi) is 5.65. The van der Waals surface area contributed by atoms with E-state index in [1.807, 2.05) is 0 Å². The number of aryl methyl sites for hydroxylation is 1. The molecule has 1 N–H and O–H groups in total. The van der Waals surface area contributed by atoms with Crippen molar-refractivity contribution in [3.8, 4) is 6.07 Å². The molecule has 1 heterocycles. The summed E-state index contributed by atoms with van der Waals surface area (Å²) < 4.78 is 0. The molecule has 4 heteroatoms. The Morgan fingerprint density at radius 1 is 1.28 bits per heavy atom. The molecule has 0 spiro atoms. The van der Waals surface area contributed by atoms with Gasteiger partial charge < -0.3 is 5.32 Å². The number of hydrogen-bond acceptors (Lipinski definition) is 4. The summed E-state index contributed by atoms with van der Waals surface area (Å²) in [7, 11) is 0. The molecule has 1 aliphatic heterocycles. The number of ketones is 1. The van der Waals surface area contributed by atoms with Crippen LogP contribution in [0.1, 0.15) is 56.1 Å². The summed E-state index contributed by atoms with van der Waals surface area (Å²) in [6, 6.07) is 10.6. The molecule has 0 saturated carbocycles. The molecule has 0 saturated heterocycles. The summed E-state index contributed by atoms with van der Waals surface area (Å²) in [5.74, 6) is 0.949. The molecular weight excluding hydrogens is 328 g/mol. The van der Waals surface area contributed by atoms with Crippen LogP contribution in [0.3, 0.4) is 0 Å². The Morgan fingerprint density at radius 3 is 2.72 bits per heavy atom. The first-order valence-electron chi connectivity index (χ1n) is 9.02. The van der Waals surface area contributed by atoms with Crippen molar-refractivity contribution in [3.05, 3.63) is 57.3 Å². The molecule has 0 fully saturated rings. The highest BCUT2D eigenvalue weighted by molar-refractivity contribution is 8.03. The third-order valence-corrected chi connectivity index (χ3v) is 5.92. The minimum Gasteiger partial charge on any atom is -0.352 e. The Bertz CT molecular complexity index is 768. The highest BCUT2D eigenvalue weighted by Gasteiger charge is 2.36. The highest BCUT2D eigenvalue weighted by atomic mass is 32.2. The number of carbonyl (C=O) groups excluding carboxylic acids is 1. The lowest BCUT2D eigenvalue weighted by Gasteiger charge is -2.33. The molecule has 3 nitrogen and oxygen atoms in total. The average molecular weight is 353 g/mol. The first-order valence-corrected chi connectivity index (χ1v) is 10.0. The largest absolute Gasteiger partial charge is 0.352 e. The van der Waals surface area contributed by atoms with E-state index in [1.54, 1.807) is 11.8 Å². The van der Waals surface area contributed by atoms with Crippen molar-refractivity contribution in [1.29, 1.82) is 5.26 Å². The molecule has 3 rings (SSSR count). The minimum absolute atomic E-state index is 0.185. The quantitative estimate of drug-likeness (QED) is 0.761. The number of thioether (sulfide) groups is 1. The molecule has 1 aromatic carbocycles. The fourth-order valence-electron chi connectivity index (χ4n) is 3.45. The number of dihydropyridines is 1. The van der Waals surface area contributed by atoms with Crippen LogP contribution >= 0.6 is 11.8 Å². The lowest BCUT2D eigenvalue weighted by Crippen LogP contribution is -2.31. The summed E-state index contributed by atoms with van der Waals surface area (Å²) in [4.78, 5) is 12.7. The Labute approximate surface area is 154 Å². The Morgan fingerprint density at radius 2 is 2.04 bits per heavy atom. The van der Waals surface area contributed by atoms with Crippen LogP contribution in [-0.2, 0) is 4.79 Å². The minimum atomic E-state index is -0.223. The molecule has 2 aliphatic rings. The number of nitrogens with one attached hydrogen (secondary N) is 1. The average Bonchev–Trinajstić information content (AvgIpc) is 2.62. The topological polar surface area (TPSA) is 52.9 Å². The predicted molar refractivity (Wildman–Crippen MR) is 103 cm³/mol. The van der Waals surface area contributed by atoms with Crippen molar-refractivity contribution in [3.63, 3.8) is 0 Å². The van der Waals surface area contributed by atoms with E-state index in [2.05, 4.69) is 49.5 Å². The summed E-state index contributed by atoms with van der Waals surface area (Å²) in [5, 5.41) is 14.3. The van der Waals surface area contributed by atoms with Gasteiger partial charge in [0.15, 0.2) is 5.78 Å². The molecule has 0 radical (unpaired) electrons. The van der Waals surface area contributed by atoms with Gasteiger partial charge in [0.05, 0.1) is 22.6 Å². The lowest BCUT2D eigenvalue weighted by molar-refractivity contribution is -0.116. The molecular formula is C21H24N2OS. The maximum atomic E-state index is 12.7. The van der Waals surface area contributed by atoms with Crippen molar-refractivity contribution >= 4 is 17.5 Å². The maximum absolute atomic E-state index is 12.7. The van der Waals surface area contributed by atoms with Crippen LogP contribution in [0.5, 0.6) is 0 Å². The first kappa shape index (κ1) is 17.8. The molecule has 130 valence electrons. The van der Waals surface area contributed by atoms with Gasteiger partial charge in [-0.3, -0.25) is 4.79 Å². The monoisotopic (exact) mass is 352 g/mol. The van der Waals surface area contributed by atoms with Gasteiger partial charge in [0, 0.05) is 17.7 Å². The standard InChI is InChI=1S/C21H24N2OS/c1-3-4-12-25-21-16(13-22)19(15-10-8-14(2)9-11-15)20-17(23-21)6-5-7-18(20)24/h8-11,19,23H,3-7,12H2,1-2H3/t19-/m1/s1. The van der Waals surface area contributed by atoms with Crippen LogP contribution in [0.25, 0.3) is 0 Å². The van der Waals surface area contributed by atoms with Gasteiger partial charge in [0.25, 0.3) is 0 Å². The second-order valence-corrected chi connectivity index (χ2v) is 7.80. The zero-order valence-corrected chi connectivity index (χ0v) is 15.7. The zero-order chi connectivity index (χ0) is 17.8. The fraction of sp³-hybridized carbons (Fsp3) is 0.429. The van der Waals surface area contributed by atoms with Gasteiger partial charge in [-0.05, 0) is 37.5 Å². The van der Waals surface area contributed by atoms with Gasteiger partial charge in [-0.25, -0.2) is 0 Å². The van der Waals surface area contributed by atoms with E-state index in [4.69, 9.17) is 0 Å². The second-order valence-electron chi connectivity index (χ2n) is 6.69. The fourth-order valence-corrected chi connectivity index (χ4v) is 4.60. The maximum Gasteiger partial charge on any atom is 0.161 e. The molecule has 1 aromatic rings. The molecule has 1 aliphatic carbocycles. The summed E-state index contributed by atoms with van der Waals surface area (Å²) in [6.45, 7) is 4.22. The lowest BCUT2D eigenvalue weighted by atomic mass is 9.77. The SMILES string of the molecule is CCCCSC1=C(C#N)[C@@H](c2ccc(C)cc2)C2=C(CCCC2=O)N1. The number of rotatable bonds is 5. The number of benzene rings is 1. The van der Waals surface area contributed by atoms with E-state index >= 15 is 0 Å². The number of Topliss-reactive ketones (excluding diaryl/α,β-unsaturated/α-hetero) is 1. The van der Waals surface area contributed by atoms with Gasteiger partial charge in [-0.2, -0.15) is 5.26 Å². The molecule has 25 heavy (non-hydrogen) atoms. The van der Waals surface area contributed by atoms with Crippen LogP contribution in [0.15, 0.2) is 46.1 Å². The molecule has 0 unspecified atom stereocenters. The van der Waals surface area contributed by atoms with E-state index in [0.717, 1.165) is 53.3 Å². The van der Waals surface area contributed by atoms with E-state index in [1.165, 1.54) is 5.56 Å². The van der Waals surface area contributed by atoms with Crippen molar-refractivity contribution in [2.75, 3.05) is 5.75 Å². The van der Waals surface area contributed by atoms with Crippen molar-refractivity contribution in [2.45, 2.75) is 51.9 Å². The number of carbonyl (C=O) groups is 1. The molecule has 0 amide bonds. The number of nitrogens with zero attached hydrogens (tertiary/aromatic N) is 1. The van der Waals surface area contributed by atoms with Crippen LogP contribution in [-0.4, -0.2) is 11.5 Å². The highest BCUT2D eigenvalue weighted by Crippen LogP contribution is 2.44. The third-order valence-electron chi connectivity index (χ3n) is 4.82. The van der Waals surface area contributed by atoms with Crippen LogP contribution in [0.2, 0.25) is 0 Å². The third kappa shape index (κ3) is 3.67. The van der Waals surface area contributed by atoms with Gasteiger partial charge in [-0.1, -0.05) is 43.2 Å². The number of nitriles is 1. The van der Waals surface area contributed by atoms with Crippen molar-refractivity contribution in [1.82, 2.24) is 5.32 Å². The Balaban J connectivity index is 2.06. The van der Waals surface area contributed by atoms with Gasteiger partial charge in [0.2, 0.25) is 0 Å². The second kappa shape index (κ2) is 7.93. The predicted octanol–water partition coefficient (Wildman–Crippen LogP) is 4.96. The normalized spacial score (nSPS) is 20.2. The number of allylic oxidation sites excluding steroid dienone is 3. The van der Waals surface area contributed by atoms with Gasteiger partial charge in [0.1, 0.15) is 0 Å². The van der Waals surface area contributed by atoms with Crippen molar-refractivity contribution < 1.29 is 4.79 Å². The van der Waals surface area contributed by atoms with Gasteiger partial charge >= 0.3 is 0 Å². The molecule has 1 atom stereocenters. The van der Waals surface area contributed by atoms with E-state index in [9.17, 15) is 10.1 Å². The van der Waals surface area contributed by atoms with Crippen LogP contribution in [0, 0.1) is 18.3 Å². The van der Waals surface area contributed by atoms with E-state index < -0.39 is 0 Å². The van der Waals surface area contributed by atoms with Crippen LogP contribution in [0.4, 0.5) is 0 Å². The molecule has 0 bridgehead atoms. The first-order chi connectivity index (χ1) is 12.2.